The maximum atomic E-state index is 13.6. The Labute approximate surface area is 214 Å². The predicted molar refractivity (Wildman–Crippen MR) is 137 cm³/mol. The Hall–Kier alpha value is -3.21. The molecule has 1 amide bonds. The number of carboxylic acids is 1. The Morgan fingerprint density at radius 1 is 1.19 bits per heavy atom. The van der Waals surface area contributed by atoms with E-state index in [1.54, 1.807) is 36.4 Å². The first-order chi connectivity index (χ1) is 17.1. The Bertz CT molecular complexity index is 1400. The van der Waals surface area contributed by atoms with Crippen LogP contribution in [0.15, 0.2) is 59.5 Å². The molecule has 8 nitrogen and oxygen atoms in total. The van der Waals surface area contributed by atoms with Crippen molar-refractivity contribution < 1.29 is 27.9 Å². The summed E-state index contributed by atoms with van der Waals surface area (Å²) in [5.74, 6) is -1.70. The van der Waals surface area contributed by atoms with E-state index < -0.39 is 27.8 Å². The van der Waals surface area contributed by atoms with Crippen LogP contribution < -0.4 is 10.5 Å². The van der Waals surface area contributed by atoms with Gasteiger partial charge >= 0.3 is 5.97 Å². The van der Waals surface area contributed by atoms with Crippen molar-refractivity contribution in [1.29, 1.82) is 0 Å². The number of nitrogens with two attached hydrogens (primary N) is 1. The molecule has 1 aliphatic rings. The molecule has 36 heavy (non-hydrogen) atoms. The smallest absolute Gasteiger partial charge is 0.304 e. The van der Waals surface area contributed by atoms with Crippen molar-refractivity contribution in [2.75, 3.05) is 6.54 Å². The van der Waals surface area contributed by atoms with Crippen LogP contribution in [-0.2, 0) is 21.4 Å². The number of aryl methyl sites for hydroxylation is 1. The molecule has 1 unspecified atom stereocenters. The number of fused-ring (bicyclic) bond motifs is 1. The normalized spacial score (nSPS) is 18.0. The van der Waals surface area contributed by atoms with Crippen molar-refractivity contribution in [3.63, 3.8) is 0 Å². The van der Waals surface area contributed by atoms with Gasteiger partial charge in [0.15, 0.2) is 0 Å². The lowest BCUT2D eigenvalue weighted by atomic mass is 9.91. The van der Waals surface area contributed by atoms with E-state index in [0.29, 0.717) is 21.9 Å². The van der Waals surface area contributed by atoms with E-state index in [4.69, 9.17) is 10.5 Å². The number of aliphatic carboxylic acids is 1. The fraction of sp³-hybridized carbons (Fsp3) is 0.308. The molecule has 2 aromatic carbocycles. The van der Waals surface area contributed by atoms with E-state index in [1.807, 2.05) is 32.0 Å². The van der Waals surface area contributed by atoms with Crippen LogP contribution in [0.3, 0.4) is 0 Å². The summed E-state index contributed by atoms with van der Waals surface area (Å²) >= 11 is 1.17. The number of ether oxygens (including phenoxy) is 1. The average Bonchev–Trinajstić information content (AvgIpc) is 3.29. The first-order valence-corrected chi connectivity index (χ1v) is 13.8. The zero-order valence-electron chi connectivity index (χ0n) is 20.0. The van der Waals surface area contributed by atoms with Gasteiger partial charge in [-0.15, -0.1) is 11.3 Å². The van der Waals surface area contributed by atoms with E-state index in [2.05, 4.69) is 0 Å². The summed E-state index contributed by atoms with van der Waals surface area (Å²) in [6.07, 6.45) is 0.160. The summed E-state index contributed by atoms with van der Waals surface area (Å²) in [5, 5.41) is 9.57. The van der Waals surface area contributed by atoms with Crippen molar-refractivity contribution in [2.24, 2.45) is 5.73 Å². The molecule has 190 valence electrons. The van der Waals surface area contributed by atoms with Crippen LogP contribution in [0.5, 0.6) is 5.75 Å². The van der Waals surface area contributed by atoms with Crippen molar-refractivity contribution in [3.05, 3.63) is 81.0 Å². The van der Waals surface area contributed by atoms with E-state index in [-0.39, 0.29) is 30.5 Å². The minimum absolute atomic E-state index is 0.118. The SMILES string of the molecule is CC[C@@H]1CN(Cc2cc(C(CC(=O)O)c3ccc(C(N)=O)s3)ccc2C)S(=O)(=O)c2ccccc2O1. The number of carboxylic acid groups (broad SMARTS) is 1. The zero-order valence-corrected chi connectivity index (χ0v) is 21.6. The number of carbonyl (C=O) groups excluding carboxylic acids is 1. The second kappa shape index (κ2) is 10.4. The molecule has 0 fully saturated rings. The summed E-state index contributed by atoms with van der Waals surface area (Å²) in [7, 11) is -3.82. The van der Waals surface area contributed by atoms with Gasteiger partial charge in [0.1, 0.15) is 16.7 Å². The van der Waals surface area contributed by atoms with Crippen LogP contribution in [-0.4, -0.2) is 42.4 Å². The summed E-state index contributed by atoms with van der Waals surface area (Å²) in [4.78, 5) is 24.5. The molecule has 10 heteroatoms. The summed E-state index contributed by atoms with van der Waals surface area (Å²) in [5.41, 5.74) is 7.78. The minimum atomic E-state index is -3.82. The third-order valence-electron chi connectivity index (χ3n) is 6.34. The van der Waals surface area contributed by atoms with Crippen LogP contribution in [0.2, 0.25) is 0 Å². The van der Waals surface area contributed by atoms with Crippen LogP contribution in [0.1, 0.15) is 56.9 Å². The molecule has 0 saturated heterocycles. The molecule has 1 aliphatic heterocycles. The largest absolute Gasteiger partial charge is 0.488 e. The molecule has 1 aromatic heterocycles. The molecule has 2 atom stereocenters. The number of sulfonamides is 1. The molecule has 3 aromatic rings. The fourth-order valence-electron chi connectivity index (χ4n) is 4.30. The Balaban J connectivity index is 1.72. The summed E-state index contributed by atoms with van der Waals surface area (Å²) in [6, 6.07) is 15.5. The average molecular weight is 529 g/mol. The molecular formula is C26H28N2O6S2. The number of rotatable bonds is 8. The van der Waals surface area contributed by atoms with Crippen LogP contribution in [0.4, 0.5) is 0 Å². The number of thiophene rings is 1. The quantitative estimate of drug-likeness (QED) is 0.453. The number of para-hydroxylation sites is 1. The number of nitrogens with zero attached hydrogens (tertiary/aromatic N) is 1. The van der Waals surface area contributed by atoms with Crippen molar-refractivity contribution in [1.82, 2.24) is 4.31 Å². The van der Waals surface area contributed by atoms with E-state index in [9.17, 15) is 23.1 Å². The lowest BCUT2D eigenvalue weighted by Gasteiger charge is -2.24. The molecule has 2 heterocycles. The van der Waals surface area contributed by atoms with Gasteiger partial charge in [-0.05, 0) is 54.3 Å². The van der Waals surface area contributed by atoms with Gasteiger partial charge in [0.2, 0.25) is 10.0 Å². The monoisotopic (exact) mass is 528 g/mol. The second-order valence-electron chi connectivity index (χ2n) is 8.80. The number of amides is 1. The summed E-state index contributed by atoms with van der Waals surface area (Å²) in [6.45, 7) is 4.16. The zero-order chi connectivity index (χ0) is 26.0. The third-order valence-corrected chi connectivity index (χ3v) is 9.40. The van der Waals surface area contributed by atoms with Crippen LogP contribution >= 0.6 is 11.3 Å². The number of hydrogen-bond acceptors (Lipinski definition) is 6. The molecular weight excluding hydrogens is 500 g/mol. The molecule has 3 N–H and O–H groups in total. The number of carbonyl (C=O) groups is 2. The Morgan fingerprint density at radius 2 is 1.94 bits per heavy atom. The van der Waals surface area contributed by atoms with Gasteiger partial charge in [0, 0.05) is 17.3 Å². The third kappa shape index (κ3) is 5.30. The number of hydrogen-bond donors (Lipinski definition) is 2. The fourth-order valence-corrected chi connectivity index (χ4v) is 6.86. The van der Waals surface area contributed by atoms with E-state index in [0.717, 1.165) is 16.7 Å². The van der Waals surface area contributed by atoms with Crippen LogP contribution in [0, 0.1) is 6.92 Å². The number of benzene rings is 2. The predicted octanol–water partition coefficient (Wildman–Crippen LogP) is 4.12. The number of primary amides is 1. The first-order valence-electron chi connectivity index (χ1n) is 11.6. The van der Waals surface area contributed by atoms with Gasteiger partial charge in [-0.2, -0.15) is 4.31 Å². The van der Waals surface area contributed by atoms with E-state index in [1.165, 1.54) is 15.6 Å². The Morgan fingerprint density at radius 3 is 2.61 bits per heavy atom. The van der Waals surface area contributed by atoms with Gasteiger partial charge in [-0.1, -0.05) is 37.3 Å². The molecule has 0 radical (unpaired) electrons. The Kier molecular flexibility index (Phi) is 7.49. The van der Waals surface area contributed by atoms with Gasteiger partial charge in [0.25, 0.3) is 5.91 Å². The van der Waals surface area contributed by atoms with Crippen molar-refractivity contribution >= 4 is 33.2 Å². The van der Waals surface area contributed by atoms with Gasteiger partial charge in [0.05, 0.1) is 17.8 Å². The van der Waals surface area contributed by atoms with Gasteiger partial charge < -0.3 is 15.6 Å². The highest BCUT2D eigenvalue weighted by atomic mass is 32.2. The van der Waals surface area contributed by atoms with Crippen LogP contribution in [0.25, 0.3) is 0 Å². The highest BCUT2D eigenvalue weighted by Crippen LogP contribution is 2.36. The minimum Gasteiger partial charge on any atom is -0.488 e. The van der Waals surface area contributed by atoms with Gasteiger partial charge in [-0.25, -0.2) is 8.42 Å². The van der Waals surface area contributed by atoms with Crippen molar-refractivity contribution in [2.45, 2.75) is 50.2 Å². The maximum absolute atomic E-state index is 13.6. The standard InChI is InChI=1S/C26H28N2O6S2/c1-3-19-15-28(36(32,33)24-7-5-4-6-21(24)34-19)14-18-12-17(9-8-16(18)2)20(13-25(29)30)22-10-11-23(35-22)26(27)31/h4-12,19-20H,3,13-15H2,1-2H3,(H2,27,31)(H,29,30)/t19-,20?/m1/s1. The van der Waals surface area contributed by atoms with Gasteiger partial charge in [-0.3, -0.25) is 9.59 Å². The lowest BCUT2D eigenvalue weighted by molar-refractivity contribution is -0.137. The second-order valence-corrected chi connectivity index (χ2v) is 11.8. The highest BCUT2D eigenvalue weighted by Gasteiger charge is 2.34. The molecule has 0 bridgehead atoms. The topological polar surface area (TPSA) is 127 Å². The maximum Gasteiger partial charge on any atom is 0.304 e. The first kappa shape index (κ1) is 25.9. The lowest BCUT2D eigenvalue weighted by Crippen LogP contribution is -2.36. The molecule has 4 rings (SSSR count). The van der Waals surface area contributed by atoms with Crippen molar-refractivity contribution in [3.8, 4) is 5.75 Å². The summed E-state index contributed by atoms with van der Waals surface area (Å²) < 4.78 is 34.6. The highest BCUT2D eigenvalue weighted by molar-refractivity contribution is 7.89. The molecule has 0 saturated carbocycles. The molecule has 0 spiro atoms. The van der Waals surface area contributed by atoms with E-state index >= 15 is 0 Å². The molecule has 0 aliphatic carbocycles.